The minimum absolute atomic E-state index is 0.231. The summed E-state index contributed by atoms with van der Waals surface area (Å²) < 4.78 is 0. The summed E-state index contributed by atoms with van der Waals surface area (Å²) in [5.41, 5.74) is 5.80. The molecular formula is C7H13N3O. The van der Waals surface area contributed by atoms with Crippen LogP contribution in [0.1, 0.15) is 6.42 Å². The number of carbonyl (C=O) groups excluding carboxylic acids is 1. The van der Waals surface area contributed by atoms with Gasteiger partial charge in [0.15, 0.2) is 0 Å². The van der Waals surface area contributed by atoms with Gasteiger partial charge in [0.2, 0.25) is 6.41 Å². The lowest BCUT2D eigenvalue weighted by Gasteiger charge is -2.35. The van der Waals surface area contributed by atoms with E-state index in [1.807, 2.05) is 7.05 Å². The van der Waals surface area contributed by atoms with Gasteiger partial charge in [0.1, 0.15) is 0 Å². The van der Waals surface area contributed by atoms with Crippen molar-refractivity contribution >= 4 is 6.41 Å². The third-order valence-corrected chi connectivity index (χ3v) is 2.89. The summed E-state index contributed by atoms with van der Waals surface area (Å²) >= 11 is 0. The summed E-state index contributed by atoms with van der Waals surface area (Å²) in [5, 5.41) is 0. The van der Waals surface area contributed by atoms with Crippen LogP contribution in [0.15, 0.2) is 0 Å². The van der Waals surface area contributed by atoms with Gasteiger partial charge in [-0.05, 0) is 7.05 Å². The SMILES string of the molecule is CN1CC2C[C@]1(N)CN2C=O. The number of nitrogens with zero attached hydrogens (tertiary/aromatic N) is 2. The monoisotopic (exact) mass is 155 g/mol. The molecule has 2 aliphatic rings. The van der Waals surface area contributed by atoms with Crippen LogP contribution in [0.2, 0.25) is 0 Å². The molecule has 0 radical (unpaired) electrons. The number of carbonyl (C=O) groups is 1. The number of amides is 1. The number of piperazine rings is 1. The molecule has 0 aliphatic carbocycles. The quantitative estimate of drug-likeness (QED) is 0.485. The van der Waals surface area contributed by atoms with Crippen molar-refractivity contribution in [2.45, 2.75) is 18.1 Å². The number of nitrogens with two attached hydrogens (primary N) is 1. The molecule has 4 heteroatoms. The Morgan fingerprint density at radius 3 is 2.82 bits per heavy atom. The maximum atomic E-state index is 10.5. The van der Waals surface area contributed by atoms with E-state index in [-0.39, 0.29) is 5.66 Å². The Bertz CT molecular complexity index is 196. The zero-order valence-electron chi connectivity index (χ0n) is 6.66. The molecule has 1 unspecified atom stereocenters. The third kappa shape index (κ3) is 0.795. The van der Waals surface area contributed by atoms with Crippen molar-refractivity contribution in [3.05, 3.63) is 0 Å². The van der Waals surface area contributed by atoms with E-state index in [0.717, 1.165) is 19.4 Å². The van der Waals surface area contributed by atoms with E-state index >= 15 is 0 Å². The highest BCUT2D eigenvalue weighted by Gasteiger charge is 2.50. The lowest BCUT2D eigenvalue weighted by atomic mass is 10.1. The maximum Gasteiger partial charge on any atom is 0.210 e. The van der Waals surface area contributed by atoms with Crippen molar-refractivity contribution in [1.29, 1.82) is 0 Å². The number of rotatable bonds is 1. The average molecular weight is 155 g/mol. The molecule has 2 rings (SSSR count). The lowest BCUT2D eigenvalue weighted by Crippen LogP contribution is -2.57. The molecule has 2 fully saturated rings. The molecular weight excluding hydrogens is 142 g/mol. The van der Waals surface area contributed by atoms with Crippen LogP contribution in [-0.4, -0.2) is 48.1 Å². The number of likely N-dealkylation sites (N-methyl/N-ethyl adjacent to an activating group) is 1. The molecule has 11 heavy (non-hydrogen) atoms. The molecule has 0 spiro atoms. The van der Waals surface area contributed by atoms with Gasteiger partial charge in [-0.3, -0.25) is 9.69 Å². The molecule has 0 saturated carbocycles. The fourth-order valence-electron chi connectivity index (χ4n) is 2.10. The van der Waals surface area contributed by atoms with Crippen molar-refractivity contribution in [2.75, 3.05) is 20.1 Å². The van der Waals surface area contributed by atoms with E-state index in [4.69, 9.17) is 5.73 Å². The maximum absolute atomic E-state index is 10.5. The predicted octanol–water partition coefficient (Wildman–Crippen LogP) is -1.18. The van der Waals surface area contributed by atoms with Crippen LogP contribution in [0.3, 0.4) is 0 Å². The van der Waals surface area contributed by atoms with Gasteiger partial charge in [0.25, 0.3) is 0 Å². The highest BCUT2D eigenvalue weighted by atomic mass is 16.1. The van der Waals surface area contributed by atoms with Crippen LogP contribution in [-0.2, 0) is 4.79 Å². The first-order valence-electron chi connectivity index (χ1n) is 3.87. The van der Waals surface area contributed by atoms with Crippen LogP contribution in [0, 0.1) is 0 Å². The molecule has 2 heterocycles. The fourth-order valence-corrected chi connectivity index (χ4v) is 2.10. The zero-order valence-corrected chi connectivity index (χ0v) is 6.66. The first-order chi connectivity index (χ1) is 5.15. The number of fused-ring (bicyclic) bond motifs is 2. The minimum atomic E-state index is -0.231. The molecule has 2 N–H and O–H groups in total. The van der Waals surface area contributed by atoms with Gasteiger partial charge in [0, 0.05) is 19.0 Å². The van der Waals surface area contributed by atoms with E-state index in [1.165, 1.54) is 0 Å². The number of likely N-dealkylation sites (tertiary alicyclic amines) is 2. The first-order valence-corrected chi connectivity index (χ1v) is 3.87. The second-order valence-corrected chi connectivity index (χ2v) is 3.62. The Labute approximate surface area is 65.9 Å². The Morgan fingerprint density at radius 1 is 1.73 bits per heavy atom. The van der Waals surface area contributed by atoms with Gasteiger partial charge in [0.05, 0.1) is 12.2 Å². The molecule has 2 atom stereocenters. The van der Waals surface area contributed by atoms with E-state index in [2.05, 4.69) is 4.90 Å². The summed E-state index contributed by atoms with van der Waals surface area (Å²) in [6.45, 7) is 1.62. The van der Waals surface area contributed by atoms with Crippen LogP contribution in [0.4, 0.5) is 0 Å². The van der Waals surface area contributed by atoms with Gasteiger partial charge >= 0.3 is 0 Å². The van der Waals surface area contributed by atoms with Crippen LogP contribution >= 0.6 is 0 Å². The first kappa shape index (κ1) is 7.06. The standard InChI is InChI=1S/C7H13N3O/c1-9-3-6-2-7(9,8)4-10(6)5-11/h5-6H,2-4,8H2,1H3/t6?,7-/m1/s1. The van der Waals surface area contributed by atoms with Gasteiger partial charge < -0.3 is 10.6 Å². The van der Waals surface area contributed by atoms with E-state index in [1.54, 1.807) is 4.90 Å². The average Bonchev–Trinajstić information content (AvgIpc) is 2.40. The van der Waals surface area contributed by atoms with Crippen LogP contribution < -0.4 is 5.73 Å². The molecule has 0 aromatic heterocycles. The Hall–Kier alpha value is -0.610. The molecule has 2 saturated heterocycles. The number of hydrogen-bond donors (Lipinski definition) is 1. The second kappa shape index (κ2) is 1.95. The topological polar surface area (TPSA) is 49.6 Å². The highest BCUT2D eigenvalue weighted by molar-refractivity contribution is 5.50. The molecule has 62 valence electrons. The van der Waals surface area contributed by atoms with Gasteiger partial charge in [-0.1, -0.05) is 0 Å². The predicted molar refractivity (Wildman–Crippen MR) is 40.7 cm³/mol. The summed E-state index contributed by atoms with van der Waals surface area (Å²) in [6.07, 6.45) is 1.84. The normalized spacial score (nSPS) is 43.5. The largest absolute Gasteiger partial charge is 0.338 e. The summed E-state index contributed by atoms with van der Waals surface area (Å²) in [6, 6.07) is 0.363. The summed E-state index contributed by atoms with van der Waals surface area (Å²) in [4.78, 5) is 14.4. The third-order valence-electron chi connectivity index (χ3n) is 2.89. The van der Waals surface area contributed by atoms with Gasteiger partial charge in [-0.2, -0.15) is 0 Å². The van der Waals surface area contributed by atoms with Gasteiger partial charge in [-0.15, -0.1) is 0 Å². The lowest BCUT2D eigenvalue weighted by molar-refractivity contribution is -0.120. The smallest absolute Gasteiger partial charge is 0.210 e. The van der Waals surface area contributed by atoms with Crippen molar-refractivity contribution in [1.82, 2.24) is 9.80 Å². The Balaban J connectivity index is 2.19. The summed E-state index contributed by atoms with van der Waals surface area (Å²) in [7, 11) is 2.02. The second-order valence-electron chi connectivity index (χ2n) is 3.62. The van der Waals surface area contributed by atoms with E-state index in [9.17, 15) is 4.79 Å². The van der Waals surface area contributed by atoms with Crippen molar-refractivity contribution in [3.8, 4) is 0 Å². The minimum Gasteiger partial charge on any atom is -0.338 e. The molecule has 0 aromatic carbocycles. The molecule has 2 aliphatic heterocycles. The van der Waals surface area contributed by atoms with Crippen molar-refractivity contribution < 1.29 is 4.79 Å². The highest BCUT2D eigenvalue weighted by Crippen LogP contribution is 2.33. The number of hydrogen-bond acceptors (Lipinski definition) is 3. The van der Waals surface area contributed by atoms with Crippen LogP contribution in [0.25, 0.3) is 0 Å². The summed E-state index contributed by atoms with van der Waals surface area (Å²) in [5.74, 6) is 0. The molecule has 4 nitrogen and oxygen atoms in total. The zero-order chi connectivity index (χ0) is 8.06. The Morgan fingerprint density at radius 2 is 2.45 bits per heavy atom. The molecule has 2 bridgehead atoms. The molecule has 0 aromatic rings. The fraction of sp³-hybridized carbons (Fsp3) is 0.857. The van der Waals surface area contributed by atoms with E-state index < -0.39 is 0 Å². The molecule has 1 amide bonds. The van der Waals surface area contributed by atoms with Crippen molar-refractivity contribution in [2.24, 2.45) is 5.73 Å². The van der Waals surface area contributed by atoms with Gasteiger partial charge in [-0.25, -0.2) is 0 Å². The Kier molecular flexibility index (Phi) is 1.25. The van der Waals surface area contributed by atoms with Crippen LogP contribution in [0.5, 0.6) is 0 Å². The van der Waals surface area contributed by atoms with E-state index in [0.29, 0.717) is 12.6 Å². The van der Waals surface area contributed by atoms with Crippen molar-refractivity contribution in [3.63, 3.8) is 0 Å².